The predicted octanol–water partition coefficient (Wildman–Crippen LogP) is 2.88. The molecular weight excluding hydrogens is 146 g/mol. The zero-order valence-corrected chi connectivity index (χ0v) is 6.49. The van der Waals surface area contributed by atoms with E-state index in [0.717, 1.165) is 10.9 Å². The van der Waals surface area contributed by atoms with Gasteiger partial charge in [0.2, 0.25) is 0 Å². The van der Waals surface area contributed by atoms with Crippen LogP contribution < -0.4 is 0 Å². The first-order valence-corrected chi connectivity index (χ1v) is 3.76. The lowest BCUT2D eigenvalue weighted by Gasteiger charge is -1.96. The molecule has 0 bridgehead atoms. The normalized spacial score (nSPS) is 12.0. The van der Waals surface area contributed by atoms with Crippen molar-refractivity contribution in [2.45, 2.75) is 0 Å². The van der Waals surface area contributed by atoms with Gasteiger partial charge >= 0.3 is 0 Å². The Morgan fingerprint density at radius 2 is 2.17 bits per heavy atom. The number of benzene rings is 1. The van der Waals surface area contributed by atoms with Crippen LogP contribution in [0.5, 0.6) is 0 Å². The van der Waals surface area contributed by atoms with Gasteiger partial charge in [-0.2, -0.15) is 0 Å². The second-order valence-electron chi connectivity index (χ2n) is 2.57. The van der Waals surface area contributed by atoms with E-state index in [1.54, 1.807) is 0 Å². The van der Waals surface area contributed by atoms with E-state index in [0.29, 0.717) is 5.69 Å². The van der Waals surface area contributed by atoms with Crippen LogP contribution in [-0.4, -0.2) is 4.98 Å². The monoisotopic (exact) mass is 157 g/mol. The average Bonchev–Trinajstić information content (AvgIpc) is 2.17. The van der Waals surface area contributed by atoms with E-state index in [2.05, 4.69) is 4.98 Å². The van der Waals surface area contributed by atoms with Crippen LogP contribution in [0.2, 0.25) is 0 Å². The summed E-state index contributed by atoms with van der Waals surface area (Å²) in [5.41, 5.74) is 1.55. The maximum Gasteiger partial charge on any atom is 0.0709 e. The van der Waals surface area contributed by atoms with Crippen molar-refractivity contribution >= 4 is 17.0 Å². The number of hydrogen-bond donors (Lipinski definition) is 0. The van der Waals surface area contributed by atoms with Crippen molar-refractivity contribution in [3.05, 3.63) is 48.6 Å². The molecule has 1 heterocycles. The van der Waals surface area contributed by atoms with Crippen LogP contribution in [0.15, 0.2) is 42.9 Å². The summed E-state index contributed by atoms with van der Waals surface area (Å²) in [7, 11) is 0. The summed E-state index contributed by atoms with van der Waals surface area (Å²) in [6.07, 6.45) is 1.42. The minimum absolute atomic E-state index is 0.229. The molecule has 12 heavy (non-hydrogen) atoms. The lowest BCUT2D eigenvalue weighted by atomic mass is 10.2. The lowest BCUT2D eigenvalue weighted by Crippen LogP contribution is -1.81. The molecule has 2 rings (SSSR count). The van der Waals surface area contributed by atoms with Crippen LogP contribution in [0.1, 0.15) is 8.44 Å². The van der Waals surface area contributed by atoms with E-state index < -0.39 is 0 Å². The van der Waals surface area contributed by atoms with E-state index >= 15 is 0 Å². The van der Waals surface area contributed by atoms with Gasteiger partial charge in [0.1, 0.15) is 0 Å². The summed E-state index contributed by atoms with van der Waals surface area (Å²) in [6, 6.07) is 11.5. The summed E-state index contributed by atoms with van der Waals surface area (Å²) in [4.78, 5) is 4.30. The topological polar surface area (TPSA) is 12.9 Å². The number of rotatable bonds is 1. The Morgan fingerprint density at radius 1 is 1.25 bits per heavy atom. The molecule has 0 saturated carbocycles. The molecule has 0 aliphatic heterocycles. The Kier molecular flexibility index (Phi) is 1.18. The molecule has 0 fully saturated rings. The van der Waals surface area contributed by atoms with E-state index in [9.17, 15) is 0 Å². The molecule has 58 valence electrons. The molecule has 1 aromatic carbocycles. The van der Waals surface area contributed by atoms with Gasteiger partial charge in [-0.05, 0) is 18.2 Å². The maximum absolute atomic E-state index is 7.01. The van der Waals surface area contributed by atoms with Crippen molar-refractivity contribution in [1.82, 2.24) is 4.98 Å². The van der Waals surface area contributed by atoms with Gasteiger partial charge < -0.3 is 0 Å². The molecule has 2 aromatic rings. The Balaban J connectivity index is 2.57. The molecular formula is C11H9N. The van der Waals surface area contributed by atoms with Crippen LogP contribution in [0.4, 0.5) is 0 Å². The summed E-state index contributed by atoms with van der Waals surface area (Å²) in [5, 5.41) is 1.07. The fourth-order valence-corrected chi connectivity index (χ4v) is 1.16. The van der Waals surface area contributed by atoms with Crippen molar-refractivity contribution in [2.24, 2.45) is 0 Å². The molecule has 0 radical (unpaired) electrons. The minimum Gasteiger partial charge on any atom is -0.248 e. The van der Waals surface area contributed by atoms with E-state index in [1.165, 1.54) is 6.08 Å². The first kappa shape index (κ1) is 5.09. The van der Waals surface area contributed by atoms with Crippen LogP contribution in [0, 0.1) is 0 Å². The highest BCUT2D eigenvalue weighted by Crippen LogP contribution is 2.11. The Labute approximate surface area is 74.2 Å². The van der Waals surface area contributed by atoms with Gasteiger partial charge in [-0.1, -0.05) is 30.8 Å². The quantitative estimate of drug-likeness (QED) is 0.620. The van der Waals surface area contributed by atoms with Gasteiger partial charge in [0.05, 0.1) is 14.0 Å². The molecule has 0 aliphatic carbocycles. The number of para-hydroxylation sites is 1. The smallest absolute Gasteiger partial charge is 0.0709 e. The number of hydrogen-bond acceptors (Lipinski definition) is 1. The van der Waals surface area contributed by atoms with Crippen molar-refractivity contribution in [3.63, 3.8) is 0 Å². The molecule has 0 N–H and O–H groups in total. The van der Waals surface area contributed by atoms with Crippen molar-refractivity contribution in [2.75, 3.05) is 0 Å². The molecule has 0 saturated heterocycles. The second kappa shape index (κ2) is 2.78. The van der Waals surface area contributed by atoms with Gasteiger partial charge in [0.15, 0.2) is 0 Å². The van der Waals surface area contributed by atoms with Crippen LogP contribution in [0.3, 0.4) is 0 Å². The summed E-state index contributed by atoms with van der Waals surface area (Å²) >= 11 is 0. The molecule has 0 amide bonds. The Bertz CT molecular complexity index is 487. The molecule has 0 aliphatic rings. The minimum atomic E-state index is -0.229. The van der Waals surface area contributed by atoms with E-state index in [1.807, 2.05) is 36.4 Å². The second-order valence-corrected chi connectivity index (χ2v) is 2.57. The standard InChI is InChI=1S/C11H9N/c1-2-10-8-7-9-5-3-4-6-11(9)12-10/h2-8H,1H2/i1D2. The van der Waals surface area contributed by atoms with Gasteiger partial charge in [-0.3, -0.25) is 0 Å². The molecule has 1 aromatic heterocycles. The van der Waals surface area contributed by atoms with E-state index in [4.69, 9.17) is 2.74 Å². The third-order valence-electron chi connectivity index (χ3n) is 1.77. The van der Waals surface area contributed by atoms with Crippen LogP contribution >= 0.6 is 0 Å². The third kappa shape index (κ3) is 1.10. The highest BCUT2D eigenvalue weighted by atomic mass is 14.7. The van der Waals surface area contributed by atoms with Crippen LogP contribution in [0.25, 0.3) is 17.0 Å². The molecule has 0 spiro atoms. The zero-order chi connectivity index (χ0) is 9.97. The fourth-order valence-electron chi connectivity index (χ4n) is 1.16. The first-order chi connectivity index (χ1) is 6.75. The summed E-state index contributed by atoms with van der Waals surface area (Å²) < 4.78 is 14.0. The highest BCUT2D eigenvalue weighted by molar-refractivity contribution is 5.79. The fraction of sp³-hybridized carbons (Fsp3) is 0. The Morgan fingerprint density at radius 3 is 3.08 bits per heavy atom. The largest absolute Gasteiger partial charge is 0.248 e. The van der Waals surface area contributed by atoms with Crippen molar-refractivity contribution < 1.29 is 2.74 Å². The molecule has 1 heteroatoms. The number of aromatic nitrogens is 1. The van der Waals surface area contributed by atoms with Gasteiger partial charge in [0, 0.05) is 5.39 Å². The molecule has 0 atom stereocenters. The van der Waals surface area contributed by atoms with Gasteiger partial charge in [0.25, 0.3) is 0 Å². The average molecular weight is 157 g/mol. The predicted molar refractivity (Wildman–Crippen MR) is 51.8 cm³/mol. The summed E-state index contributed by atoms with van der Waals surface area (Å²) in [6.45, 7) is -0.229. The van der Waals surface area contributed by atoms with Gasteiger partial charge in [-0.25, -0.2) is 4.98 Å². The number of fused-ring (bicyclic) bond motifs is 1. The van der Waals surface area contributed by atoms with Crippen molar-refractivity contribution in [3.8, 4) is 0 Å². The third-order valence-corrected chi connectivity index (χ3v) is 1.77. The lowest BCUT2D eigenvalue weighted by molar-refractivity contribution is 1.37. The number of nitrogens with zero attached hydrogens (tertiary/aromatic N) is 1. The first-order valence-electron chi connectivity index (χ1n) is 4.76. The summed E-state index contributed by atoms with van der Waals surface area (Å²) in [5.74, 6) is 0. The highest BCUT2D eigenvalue weighted by Gasteiger charge is 1.92. The van der Waals surface area contributed by atoms with Gasteiger partial charge in [-0.15, -0.1) is 0 Å². The van der Waals surface area contributed by atoms with Crippen LogP contribution in [-0.2, 0) is 0 Å². The zero-order valence-electron chi connectivity index (χ0n) is 8.49. The molecule has 0 unspecified atom stereocenters. The maximum atomic E-state index is 7.01. The van der Waals surface area contributed by atoms with Crippen molar-refractivity contribution in [1.29, 1.82) is 0 Å². The number of pyridine rings is 1. The molecule has 1 nitrogen and oxygen atoms in total. The SMILES string of the molecule is [2H]C([2H])=Cc1ccc2ccccc2n1. The van der Waals surface area contributed by atoms with E-state index in [-0.39, 0.29) is 6.53 Å². The Hall–Kier alpha value is -1.63.